The average Bonchev–Trinajstić information content (AvgIpc) is 2.96. The van der Waals surface area contributed by atoms with Gasteiger partial charge in [-0.15, -0.1) is 0 Å². The Kier molecular flexibility index (Phi) is 10.7. The van der Waals surface area contributed by atoms with E-state index in [1.54, 1.807) is 0 Å². The second-order valence-corrected chi connectivity index (χ2v) is 13.1. The minimum Gasteiger partial charge on any atom is -0.454 e. The molecule has 0 spiro atoms. The predicted molar refractivity (Wildman–Crippen MR) is 142 cm³/mol. The van der Waals surface area contributed by atoms with Gasteiger partial charge in [-0.25, -0.2) is 0 Å². The van der Waals surface area contributed by atoms with E-state index in [-0.39, 0.29) is 50.0 Å². The van der Waals surface area contributed by atoms with Crippen molar-refractivity contribution in [3.63, 3.8) is 0 Å². The van der Waals surface area contributed by atoms with Crippen molar-refractivity contribution in [2.75, 3.05) is 6.61 Å². The summed E-state index contributed by atoms with van der Waals surface area (Å²) in [7, 11) is 0. The van der Waals surface area contributed by atoms with Crippen molar-refractivity contribution < 1.29 is 74.8 Å². The average molecular weight is 624 g/mol. The molecule has 248 valence electrons. The van der Waals surface area contributed by atoms with E-state index in [2.05, 4.69) is 0 Å². The van der Waals surface area contributed by atoms with Crippen LogP contribution in [0.25, 0.3) is 0 Å². The Hall–Kier alpha value is -1.05. The summed E-state index contributed by atoms with van der Waals surface area (Å²) in [6, 6.07) is 0. The molecule has 15 heteroatoms. The summed E-state index contributed by atoms with van der Waals surface area (Å²) in [6.07, 6.45) is -15.8. The van der Waals surface area contributed by atoms with Crippen LogP contribution in [0.5, 0.6) is 0 Å². The third-order valence-corrected chi connectivity index (χ3v) is 10.1. The molecule has 15 nitrogen and oxygen atoms in total. The molecular formula is C28H47O15+. The number of fused-ring (bicyclic) bond motifs is 1. The van der Waals surface area contributed by atoms with E-state index in [1.807, 2.05) is 0 Å². The second kappa shape index (κ2) is 13.7. The molecule has 5 rings (SSSR count). The summed E-state index contributed by atoms with van der Waals surface area (Å²) in [6.45, 7) is -0.690. The summed E-state index contributed by atoms with van der Waals surface area (Å²) in [5, 5.41) is 103. The van der Waals surface area contributed by atoms with Crippen LogP contribution in [-0.4, -0.2) is 160 Å². The second-order valence-electron chi connectivity index (χ2n) is 13.1. The maximum absolute atomic E-state index is 13.1. The molecule has 43 heavy (non-hydrogen) atoms. The standard InChI is InChI=1S/C28H46O15/c29-9-21-23(37)24(38)26(43-27(39)11-4-17(34)22(36)18(35)5-11)28(42-21)41-20-8-13-15(32)6-12(30)7-19(13)40-25(20)10-1-2-14(31)16(33)3-10/h10-26,28-38H,1-9H2/p+1. The van der Waals surface area contributed by atoms with Crippen molar-refractivity contribution in [2.24, 2.45) is 17.8 Å². The molecule has 0 aromatic carbocycles. The fraction of sp³-hybridized carbons (Fsp3) is 0.964. The van der Waals surface area contributed by atoms with Gasteiger partial charge in [0, 0.05) is 18.8 Å². The molecule has 2 heterocycles. The molecule has 0 radical (unpaired) electrons. The van der Waals surface area contributed by atoms with Crippen molar-refractivity contribution in [2.45, 2.75) is 143 Å². The molecule has 0 amide bonds. The third kappa shape index (κ3) is 7.04. The van der Waals surface area contributed by atoms with E-state index in [4.69, 9.17) is 18.9 Å². The van der Waals surface area contributed by atoms with Crippen LogP contribution in [-0.2, 0) is 19.0 Å². The molecular weight excluding hydrogens is 576 g/mol. The first kappa shape index (κ1) is 33.3. The first-order valence-electron chi connectivity index (χ1n) is 15.3. The van der Waals surface area contributed by atoms with Crippen molar-refractivity contribution >= 4 is 5.97 Å². The fourth-order valence-corrected chi connectivity index (χ4v) is 7.60. The normalized spacial score (nSPS) is 52.7. The van der Waals surface area contributed by atoms with Gasteiger partial charge in [0.05, 0.1) is 55.1 Å². The molecule has 5 fully saturated rings. The van der Waals surface area contributed by atoms with Crippen LogP contribution in [0.4, 0.5) is 0 Å². The maximum atomic E-state index is 13.1. The Morgan fingerprint density at radius 3 is 2.09 bits per heavy atom. The van der Waals surface area contributed by atoms with E-state index in [9.17, 15) is 55.9 Å². The molecule has 0 aromatic rings. The Labute approximate surface area is 248 Å². The number of aliphatic hydroxyl groups excluding tert-OH is 10. The van der Waals surface area contributed by atoms with Gasteiger partial charge in [-0.3, -0.25) is 4.79 Å². The van der Waals surface area contributed by atoms with Gasteiger partial charge in [-0.2, -0.15) is 0 Å². The number of aliphatic hydroxyl groups is 12. The van der Waals surface area contributed by atoms with E-state index in [0.29, 0.717) is 19.3 Å². The number of carbonyl (C=O) groups is 1. The number of carbonyl (C=O) groups excluding carboxylic acids is 1. The quantitative estimate of drug-likeness (QED) is 0.0989. The minimum absolute atomic E-state index is 0.161. The van der Waals surface area contributed by atoms with Crippen LogP contribution < -0.4 is 0 Å². The predicted octanol–water partition coefficient (Wildman–Crippen LogP) is -4.46. The van der Waals surface area contributed by atoms with Crippen LogP contribution in [0.2, 0.25) is 0 Å². The molecule has 16 unspecified atom stereocenters. The smallest absolute Gasteiger partial charge is 0.309 e. The van der Waals surface area contributed by atoms with Gasteiger partial charge >= 0.3 is 5.97 Å². The lowest BCUT2D eigenvalue weighted by atomic mass is 9.72. The topological polar surface area (TPSA) is 260 Å². The van der Waals surface area contributed by atoms with Gasteiger partial charge in [-0.05, 0) is 38.5 Å². The first-order valence-corrected chi connectivity index (χ1v) is 15.3. The largest absolute Gasteiger partial charge is 0.454 e. The monoisotopic (exact) mass is 623 g/mol. The molecule has 16 atom stereocenters. The Balaban J connectivity index is 1.38. The lowest BCUT2D eigenvalue weighted by Crippen LogP contribution is -2.64. The molecule has 2 aliphatic heterocycles. The zero-order valence-corrected chi connectivity index (χ0v) is 23.8. The van der Waals surface area contributed by atoms with E-state index in [0.717, 1.165) is 0 Å². The van der Waals surface area contributed by atoms with E-state index in [1.165, 1.54) is 0 Å². The van der Waals surface area contributed by atoms with E-state index >= 15 is 0 Å². The lowest BCUT2D eigenvalue weighted by molar-refractivity contribution is -0.357. The number of esters is 1. The summed E-state index contributed by atoms with van der Waals surface area (Å²) < 4.78 is 22.7. The number of hydrogen-bond donors (Lipinski definition) is 10. The highest BCUT2D eigenvalue weighted by molar-refractivity contribution is 5.73. The van der Waals surface area contributed by atoms with Gasteiger partial charge in [0.1, 0.15) is 30.5 Å². The molecule has 3 saturated carbocycles. The third-order valence-electron chi connectivity index (χ3n) is 10.1. The summed E-state index contributed by atoms with van der Waals surface area (Å²) in [5.41, 5.74) is 0. The van der Waals surface area contributed by atoms with Crippen LogP contribution >= 0.6 is 0 Å². The molecule has 5 aliphatic rings. The van der Waals surface area contributed by atoms with E-state index < -0.39 is 104 Å². The first-order chi connectivity index (χ1) is 20.4. The molecule has 0 bridgehead atoms. The molecule has 11 N–H and O–H groups in total. The molecule has 2 saturated heterocycles. The van der Waals surface area contributed by atoms with Crippen LogP contribution in [0.15, 0.2) is 0 Å². The van der Waals surface area contributed by atoms with Gasteiger partial charge in [0.25, 0.3) is 0 Å². The lowest BCUT2D eigenvalue weighted by Gasteiger charge is -2.48. The van der Waals surface area contributed by atoms with Crippen molar-refractivity contribution in [3.8, 4) is 0 Å². The van der Waals surface area contributed by atoms with Gasteiger partial charge < -0.3 is 70.0 Å². The zero-order chi connectivity index (χ0) is 31.2. The minimum atomic E-state index is -1.75. The van der Waals surface area contributed by atoms with Gasteiger partial charge in [0.15, 0.2) is 24.6 Å². The molecule has 0 aromatic heterocycles. The Morgan fingerprint density at radius 1 is 0.744 bits per heavy atom. The van der Waals surface area contributed by atoms with Gasteiger partial charge in [-0.1, -0.05) is 0 Å². The van der Waals surface area contributed by atoms with Crippen molar-refractivity contribution in [1.82, 2.24) is 0 Å². The Bertz CT molecular complexity index is 928. The van der Waals surface area contributed by atoms with Crippen LogP contribution in [0.3, 0.4) is 0 Å². The number of rotatable bonds is 6. The zero-order valence-electron chi connectivity index (χ0n) is 23.8. The highest BCUT2D eigenvalue weighted by Gasteiger charge is 2.56. The van der Waals surface area contributed by atoms with Crippen LogP contribution in [0, 0.1) is 17.8 Å². The van der Waals surface area contributed by atoms with Gasteiger partial charge in [0.2, 0.25) is 0 Å². The highest BCUT2D eigenvalue weighted by Crippen LogP contribution is 2.42. The fourth-order valence-electron chi connectivity index (χ4n) is 7.60. The maximum Gasteiger partial charge on any atom is 0.309 e. The van der Waals surface area contributed by atoms with Crippen molar-refractivity contribution in [1.29, 1.82) is 0 Å². The molecule has 3 aliphatic carbocycles. The van der Waals surface area contributed by atoms with Crippen LogP contribution in [0.1, 0.15) is 51.4 Å². The van der Waals surface area contributed by atoms with Crippen molar-refractivity contribution in [3.05, 3.63) is 0 Å². The summed E-state index contributed by atoms with van der Waals surface area (Å²) in [5.74, 6) is -2.59. The highest BCUT2D eigenvalue weighted by atomic mass is 16.7. The Morgan fingerprint density at radius 2 is 1.44 bits per heavy atom. The SMILES string of the molecule is O=C(OC1C(OC2CC3C(O)CC(O)CC3[OH+]C2C2CCC(O)C(O)C2)OC(CO)C(O)C1O)C1CC(O)C(O)C(O)C1. The number of ether oxygens (including phenoxy) is 4. The summed E-state index contributed by atoms with van der Waals surface area (Å²) >= 11 is 0. The summed E-state index contributed by atoms with van der Waals surface area (Å²) in [4.78, 5) is 13.1. The number of hydrogen-bond acceptors (Lipinski definition) is 14.